The van der Waals surface area contributed by atoms with Crippen molar-refractivity contribution >= 4 is 17.6 Å². The van der Waals surface area contributed by atoms with Gasteiger partial charge in [-0.2, -0.15) is 4.99 Å². The van der Waals surface area contributed by atoms with E-state index >= 15 is 0 Å². The third kappa shape index (κ3) is 5.23. The number of aliphatic imine (C=N–C) groups is 1. The summed E-state index contributed by atoms with van der Waals surface area (Å²) in [5.74, 6) is 1.76. The summed E-state index contributed by atoms with van der Waals surface area (Å²) in [7, 11) is 0. The number of benzene rings is 1. The SMILES string of the molecule is CCOc1ccc(N2CCCCCC2=NC(=O)NC2CCCCC2)cc1. The highest BCUT2D eigenvalue weighted by molar-refractivity contribution is 6.03. The first-order valence-electron chi connectivity index (χ1n) is 10.1. The first-order valence-corrected chi connectivity index (χ1v) is 10.1. The van der Waals surface area contributed by atoms with Crippen molar-refractivity contribution in [2.75, 3.05) is 18.1 Å². The number of amides is 2. The fourth-order valence-corrected chi connectivity index (χ4v) is 3.85. The minimum atomic E-state index is -0.176. The highest BCUT2D eigenvalue weighted by atomic mass is 16.5. The van der Waals surface area contributed by atoms with Crippen molar-refractivity contribution in [2.45, 2.75) is 70.8 Å². The summed E-state index contributed by atoms with van der Waals surface area (Å²) >= 11 is 0. The topological polar surface area (TPSA) is 53.9 Å². The summed E-state index contributed by atoms with van der Waals surface area (Å²) in [6.45, 7) is 3.55. The van der Waals surface area contributed by atoms with Crippen LogP contribution in [-0.4, -0.2) is 31.1 Å². The van der Waals surface area contributed by atoms with Gasteiger partial charge in [0.2, 0.25) is 0 Å². The number of hydrogen-bond acceptors (Lipinski definition) is 2. The second-order valence-electron chi connectivity index (χ2n) is 7.20. The molecule has 1 heterocycles. The van der Waals surface area contributed by atoms with E-state index in [0.29, 0.717) is 12.6 Å². The summed E-state index contributed by atoms with van der Waals surface area (Å²) in [5, 5.41) is 3.11. The van der Waals surface area contributed by atoms with Gasteiger partial charge in [0, 0.05) is 24.7 Å². The molecule has 2 aliphatic rings. The summed E-state index contributed by atoms with van der Waals surface area (Å²) in [5.41, 5.74) is 1.08. The average Bonchev–Trinajstić information content (AvgIpc) is 2.89. The number of nitrogens with one attached hydrogen (secondary N) is 1. The largest absolute Gasteiger partial charge is 0.494 e. The number of rotatable bonds is 4. The molecule has 0 aromatic heterocycles. The summed E-state index contributed by atoms with van der Waals surface area (Å²) in [4.78, 5) is 19.1. The van der Waals surface area contributed by atoms with E-state index in [1.165, 1.54) is 25.7 Å². The van der Waals surface area contributed by atoms with E-state index in [4.69, 9.17) is 4.74 Å². The molecular formula is C21H31N3O2. The van der Waals surface area contributed by atoms with Crippen LogP contribution in [0.1, 0.15) is 64.7 Å². The zero-order valence-corrected chi connectivity index (χ0v) is 15.9. The first kappa shape index (κ1) is 18.7. The quantitative estimate of drug-likeness (QED) is 0.833. The molecule has 1 aromatic rings. The Balaban J connectivity index is 1.71. The highest BCUT2D eigenvalue weighted by Gasteiger charge is 2.20. The number of amidine groups is 1. The lowest BCUT2D eigenvalue weighted by molar-refractivity contribution is 0.241. The molecule has 5 nitrogen and oxygen atoms in total. The third-order valence-electron chi connectivity index (χ3n) is 5.22. The molecule has 1 saturated carbocycles. The van der Waals surface area contributed by atoms with Gasteiger partial charge in [-0.15, -0.1) is 0 Å². The van der Waals surface area contributed by atoms with Crippen molar-refractivity contribution in [2.24, 2.45) is 4.99 Å². The van der Waals surface area contributed by atoms with E-state index in [1.54, 1.807) is 0 Å². The van der Waals surface area contributed by atoms with Crippen LogP contribution in [0.15, 0.2) is 29.3 Å². The number of hydrogen-bond donors (Lipinski definition) is 1. The molecule has 1 saturated heterocycles. The maximum absolute atomic E-state index is 12.5. The lowest BCUT2D eigenvalue weighted by Crippen LogP contribution is -2.37. The Morgan fingerprint density at radius 2 is 1.85 bits per heavy atom. The van der Waals surface area contributed by atoms with E-state index in [0.717, 1.165) is 55.9 Å². The van der Waals surface area contributed by atoms with Crippen LogP contribution in [0.25, 0.3) is 0 Å². The van der Waals surface area contributed by atoms with Crippen LogP contribution in [0, 0.1) is 0 Å². The number of urea groups is 1. The van der Waals surface area contributed by atoms with Crippen LogP contribution in [0.3, 0.4) is 0 Å². The Labute approximate surface area is 156 Å². The van der Waals surface area contributed by atoms with Gasteiger partial charge < -0.3 is 15.0 Å². The van der Waals surface area contributed by atoms with Crippen LogP contribution in [0.2, 0.25) is 0 Å². The monoisotopic (exact) mass is 357 g/mol. The molecular weight excluding hydrogens is 326 g/mol. The van der Waals surface area contributed by atoms with E-state index in [-0.39, 0.29) is 6.03 Å². The predicted octanol–water partition coefficient (Wildman–Crippen LogP) is 4.91. The van der Waals surface area contributed by atoms with Gasteiger partial charge in [-0.25, -0.2) is 4.79 Å². The number of carbonyl (C=O) groups is 1. The molecule has 0 radical (unpaired) electrons. The fourth-order valence-electron chi connectivity index (χ4n) is 3.85. The van der Waals surface area contributed by atoms with Crippen LogP contribution in [0.5, 0.6) is 5.75 Å². The van der Waals surface area contributed by atoms with Crippen molar-refractivity contribution in [1.82, 2.24) is 5.32 Å². The Morgan fingerprint density at radius 1 is 1.12 bits per heavy atom. The summed E-state index contributed by atoms with van der Waals surface area (Å²) in [6, 6.07) is 8.22. The van der Waals surface area contributed by atoms with E-state index in [9.17, 15) is 4.79 Å². The standard InChI is InChI=1S/C21H31N3O2/c1-2-26-19-14-12-18(13-15-19)24-16-8-4-7-11-20(24)23-21(25)22-17-9-5-3-6-10-17/h12-15,17H,2-11,16H2,1H3,(H,22,25). The minimum absolute atomic E-state index is 0.176. The molecule has 0 spiro atoms. The summed E-state index contributed by atoms with van der Waals surface area (Å²) in [6.07, 6.45) is 10.1. The maximum atomic E-state index is 12.5. The van der Waals surface area contributed by atoms with E-state index in [2.05, 4.69) is 27.3 Å². The average molecular weight is 357 g/mol. The van der Waals surface area contributed by atoms with E-state index < -0.39 is 0 Å². The zero-order chi connectivity index (χ0) is 18.2. The Kier molecular flexibility index (Phi) is 6.92. The Morgan fingerprint density at radius 3 is 2.58 bits per heavy atom. The molecule has 1 N–H and O–H groups in total. The van der Waals surface area contributed by atoms with Crippen LogP contribution in [0.4, 0.5) is 10.5 Å². The van der Waals surface area contributed by atoms with Crippen molar-refractivity contribution in [3.05, 3.63) is 24.3 Å². The minimum Gasteiger partial charge on any atom is -0.494 e. The zero-order valence-electron chi connectivity index (χ0n) is 15.9. The molecule has 3 rings (SSSR count). The lowest BCUT2D eigenvalue weighted by atomic mass is 9.96. The van der Waals surface area contributed by atoms with Crippen molar-refractivity contribution in [1.29, 1.82) is 0 Å². The number of carbonyl (C=O) groups excluding carboxylic acids is 1. The van der Waals surface area contributed by atoms with Crippen LogP contribution in [-0.2, 0) is 0 Å². The molecule has 2 amide bonds. The molecule has 5 heteroatoms. The third-order valence-corrected chi connectivity index (χ3v) is 5.22. The Hall–Kier alpha value is -2.04. The second kappa shape index (κ2) is 9.60. The van der Waals surface area contributed by atoms with E-state index in [1.807, 2.05) is 19.1 Å². The van der Waals surface area contributed by atoms with Gasteiger partial charge >= 0.3 is 6.03 Å². The van der Waals surface area contributed by atoms with Crippen molar-refractivity contribution < 1.29 is 9.53 Å². The Bertz CT molecular complexity index is 606. The molecule has 1 aromatic carbocycles. The lowest BCUT2D eigenvalue weighted by Gasteiger charge is -2.25. The number of ether oxygens (including phenoxy) is 1. The smallest absolute Gasteiger partial charge is 0.342 e. The molecule has 1 aliphatic carbocycles. The normalized spacial score (nSPS) is 20.7. The van der Waals surface area contributed by atoms with Crippen molar-refractivity contribution in [3.63, 3.8) is 0 Å². The van der Waals surface area contributed by atoms with Gasteiger partial charge in [-0.1, -0.05) is 25.7 Å². The van der Waals surface area contributed by atoms with Gasteiger partial charge in [0.15, 0.2) is 0 Å². The molecule has 0 bridgehead atoms. The van der Waals surface area contributed by atoms with Crippen LogP contribution < -0.4 is 15.0 Å². The predicted molar refractivity (Wildman–Crippen MR) is 106 cm³/mol. The second-order valence-corrected chi connectivity index (χ2v) is 7.20. The number of anilines is 1. The van der Waals surface area contributed by atoms with Gasteiger partial charge in [0.05, 0.1) is 6.61 Å². The van der Waals surface area contributed by atoms with Gasteiger partial charge in [-0.3, -0.25) is 0 Å². The molecule has 26 heavy (non-hydrogen) atoms. The maximum Gasteiger partial charge on any atom is 0.342 e. The summed E-state index contributed by atoms with van der Waals surface area (Å²) < 4.78 is 5.54. The van der Waals surface area contributed by atoms with Gasteiger partial charge in [-0.05, 0) is 56.9 Å². The molecule has 0 unspecified atom stereocenters. The van der Waals surface area contributed by atoms with Crippen molar-refractivity contribution in [3.8, 4) is 5.75 Å². The van der Waals surface area contributed by atoms with Gasteiger partial charge in [0.25, 0.3) is 0 Å². The number of nitrogens with zero attached hydrogens (tertiary/aromatic N) is 2. The fraction of sp³-hybridized carbons (Fsp3) is 0.619. The van der Waals surface area contributed by atoms with Crippen LogP contribution >= 0.6 is 0 Å². The van der Waals surface area contributed by atoms with Gasteiger partial charge in [0.1, 0.15) is 11.6 Å². The molecule has 142 valence electrons. The molecule has 2 fully saturated rings. The molecule has 0 atom stereocenters. The molecule has 1 aliphatic heterocycles. The first-order chi connectivity index (χ1) is 12.8. The highest BCUT2D eigenvalue weighted by Crippen LogP contribution is 2.24.